The summed E-state index contributed by atoms with van der Waals surface area (Å²) in [4.78, 5) is 51.8. The molecule has 3 N–H and O–H groups in total. The molecule has 5 atom stereocenters. The van der Waals surface area contributed by atoms with E-state index >= 15 is 0 Å². The Morgan fingerprint density at radius 3 is 2.48 bits per heavy atom. The number of nitrogens with zero attached hydrogens (tertiary/aromatic N) is 8. The van der Waals surface area contributed by atoms with E-state index in [1.807, 2.05) is 30.5 Å². The predicted octanol–water partition coefficient (Wildman–Crippen LogP) is 8.42. The number of rotatable bonds is 12. The third kappa shape index (κ3) is 10.7. The Kier molecular flexibility index (Phi) is 14.9. The second-order valence-corrected chi connectivity index (χ2v) is 26.6. The number of hydrogen-bond acceptors (Lipinski definition) is 18. The molecule has 0 unspecified atom stereocenters. The van der Waals surface area contributed by atoms with Crippen LogP contribution in [0.1, 0.15) is 90.5 Å². The first-order valence-electron chi connectivity index (χ1n) is 30.4. The maximum atomic E-state index is 15.0. The molecule has 0 bridgehead atoms. The van der Waals surface area contributed by atoms with Crippen LogP contribution in [0.3, 0.4) is 0 Å². The van der Waals surface area contributed by atoms with Gasteiger partial charge >= 0.3 is 0 Å². The highest BCUT2D eigenvalue weighted by Crippen LogP contribution is 2.54. The van der Waals surface area contributed by atoms with Gasteiger partial charge in [0.2, 0.25) is 5.88 Å². The Morgan fingerprint density at radius 2 is 1.68 bits per heavy atom. The number of ether oxygens (including phenoxy) is 5. The van der Waals surface area contributed by atoms with Crippen LogP contribution in [0.25, 0.3) is 11.0 Å². The van der Waals surface area contributed by atoms with Gasteiger partial charge in [0.1, 0.15) is 29.9 Å². The first kappa shape index (κ1) is 55.8. The van der Waals surface area contributed by atoms with Crippen molar-refractivity contribution >= 4 is 61.2 Å². The zero-order valence-corrected chi connectivity index (χ0v) is 49.4. The third-order valence-corrected chi connectivity index (χ3v) is 21.0. The van der Waals surface area contributed by atoms with Gasteiger partial charge < -0.3 is 48.7 Å². The summed E-state index contributed by atoms with van der Waals surface area (Å²) in [5.41, 5.74) is 7.81. The number of anilines is 5. The zero-order chi connectivity index (χ0) is 58.1. The van der Waals surface area contributed by atoms with Crippen LogP contribution in [0.2, 0.25) is 0 Å². The monoisotopic (exact) mass is 1180 g/mol. The maximum absolute atomic E-state index is 15.0. The number of aryl methyl sites for hydroxylation is 2. The fraction of sp³-hybridized carbons (Fsp3) is 0.508. The van der Waals surface area contributed by atoms with Crippen molar-refractivity contribution in [3.05, 3.63) is 123 Å². The van der Waals surface area contributed by atoms with E-state index in [-0.39, 0.29) is 53.1 Å². The number of carbonyl (C=O) groups excluding carboxylic acids is 1. The van der Waals surface area contributed by atoms with E-state index in [1.165, 1.54) is 28.3 Å². The van der Waals surface area contributed by atoms with Gasteiger partial charge in [0.25, 0.3) is 21.6 Å². The number of nitro benzene ring substituents is 1. The summed E-state index contributed by atoms with van der Waals surface area (Å²) in [5.74, 6) is 0.721. The topological polar surface area (TPSA) is 222 Å². The van der Waals surface area contributed by atoms with Gasteiger partial charge in [-0.2, -0.15) is 4.98 Å². The quantitative estimate of drug-likeness (QED) is 0.0773. The van der Waals surface area contributed by atoms with Crippen molar-refractivity contribution in [3.63, 3.8) is 0 Å². The summed E-state index contributed by atoms with van der Waals surface area (Å²) in [6.07, 6.45) is 9.84. The van der Waals surface area contributed by atoms with E-state index < -0.39 is 37.5 Å². The summed E-state index contributed by atoms with van der Waals surface area (Å²) in [6, 6.07) is 23.5. The molecule has 1 amide bonds. The molecule has 1 spiro atoms. The van der Waals surface area contributed by atoms with Crippen molar-refractivity contribution < 1.29 is 41.8 Å². The molecule has 14 rings (SSSR count). The average Bonchev–Trinajstić information content (AvgIpc) is 2.46. The molecule has 21 nitrogen and oxygen atoms in total. The van der Waals surface area contributed by atoms with Crippen LogP contribution >= 0.6 is 0 Å². The van der Waals surface area contributed by atoms with E-state index in [9.17, 15) is 23.3 Å². The fourth-order valence-corrected chi connectivity index (χ4v) is 16.0. The van der Waals surface area contributed by atoms with Gasteiger partial charge in [-0.3, -0.25) is 24.7 Å². The molecule has 0 radical (unpaired) electrons. The molecule has 7 aliphatic heterocycles. The predicted molar refractivity (Wildman–Crippen MR) is 322 cm³/mol. The largest absolute Gasteiger partial charge is 0.489 e. The average molecular weight is 1180 g/mol. The molecule has 10 heterocycles. The molecule has 3 aromatic carbocycles. The normalized spacial score (nSPS) is 24.8. The van der Waals surface area contributed by atoms with Crippen molar-refractivity contribution in [1.29, 1.82) is 0 Å². The van der Waals surface area contributed by atoms with Crippen LogP contribution in [-0.2, 0) is 30.8 Å². The minimum Gasteiger partial charge on any atom is -0.489 e. The standard InChI is InChI=1S/C63H75N11O10S/c1-39-6-4-5-7-48(39)55-35-69(34-42-26-40(2)60(65-33-42)71-21-25-82-36-41(71)3)19-20-72(55)46-31-63(32-46)14-17-70(18-15-63)45-8-9-49(52(28-45)73-51-13-24-81-38-57(51)84-62-54(73)27-44-10-16-64-59(44)67-62)61(75)68-85(78,79)47-29-53(74(76)77)58-56(30-47)83-37-50(66-58)43-11-22-80-23-12-43/h4-10,16,26-30,33,41,43,46,50-51,55,57,66H,11-15,17-25,31-32,34-38H2,1-3H3,(H,64,67)(H,68,75)/t41-,50-,51-,55-,57-/m0/s1. The molecule has 3 aromatic heterocycles. The van der Waals surface area contributed by atoms with Crippen LogP contribution in [0.4, 0.5) is 34.3 Å². The smallest absolute Gasteiger partial charge is 0.297 e. The molecule has 1 saturated carbocycles. The van der Waals surface area contributed by atoms with E-state index in [0.29, 0.717) is 67.8 Å². The van der Waals surface area contributed by atoms with Crippen molar-refractivity contribution in [2.75, 3.05) is 106 Å². The lowest BCUT2D eigenvalue weighted by molar-refractivity contribution is -0.384. The summed E-state index contributed by atoms with van der Waals surface area (Å²) in [5, 5.41) is 16.7. The highest BCUT2D eigenvalue weighted by molar-refractivity contribution is 7.90. The lowest BCUT2D eigenvalue weighted by atomic mass is 9.59. The maximum Gasteiger partial charge on any atom is 0.297 e. The highest BCUT2D eigenvalue weighted by Gasteiger charge is 2.50. The fourth-order valence-electron chi connectivity index (χ4n) is 15.0. The number of nitrogens with one attached hydrogen (secondary N) is 3. The number of morpholine rings is 1. The van der Waals surface area contributed by atoms with Crippen molar-refractivity contribution in [3.8, 4) is 11.6 Å². The summed E-state index contributed by atoms with van der Waals surface area (Å²) in [6.45, 7) is 16.4. The molecule has 8 aliphatic rings. The Hall–Kier alpha value is -7.08. The van der Waals surface area contributed by atoms with Crippen LogP contribution in [0, 0.1) is 35.3 Å². The molecule has 6 fully saturated rings. The number of pyridine rings is 2. The number of aromatic nitrogens is 3. The van der Waals surface area contributed by atoms with Gasteiger partial charge in [-0.05, 0) is 136 Å². The van der Waals surface area contributed by atoms with Crippen LogP contribution in [0.5, 0.6) is 11.6 Å². The number of aromatic amines is 1. The molecule has 6 aromatic rings. The second-order valence-electron chi connectivity index (χ2n) is 24.9. The molecule has 5 saturated heterocycles. The Labute approximate surface area is 495 Å². The van der Waals surface area contributed by atoms with Gasteiger partial charge in [0.15, 0.2) is 11.4 Å². The van der Waals surface area contributed by atoms with Crippen molar-refractivity contribution in [1.82, 2.24) is 29.5 Å². The number of carbonyl (C=O) groups is 1. The molecule has 85 heavy (non-hydrogen) atoms. The summed E-state index contributed by atoms with van der Waals surface area (Å²) < 4.78 is 61.1. The third-order valence-electron chi connectivity index (χ3n) is 19.7. The number of fused-ring (bicyclic) bond motifs is 4. The number of H-pyrrole nitrogens is 1. The zero-order valence-electron chi connectivity index (χ0n) is 48.5. The van der Waals surface area contributed by atoms with Crippen LogP contribution < -0.4 is 34.2 Å². The van der Waals surface area contributed by atoms with Gasteiger partial charge in [0.05, 0.1) is 59.0 Å². The first-order chi connectivity index (χ1) is 41.2. The van der Waals surface area contributed by atoms with Gasteiger partial charge in [-0.15, -0.1) is 0 Å². The Balaban J connectivity index is 0.712. The van der Waals surface area contributed by atoms with Crippen molar-refractivity contribution in [2.45, 2.75) is 113 Å². The SMILES string of the molecule is Cc1ccccc1[C@@H]1CN(Cc2cnc(N3CCOC[C@@H]3C)c(C)c2)CCN1C1CC2(CCN(c3ccc(C(=O)NS(=O)(=O)c4cc5c(c([N+](=O)[O-])c4)N[C@H](C4CCOCC4)CO5)c(N4c5cc6cc[nH]c6nc5O[C@H]5COCC[C@@H]54)c3)CC2)C1. The number of hydrogen-bond donors (Lipinski definition) is 3. The van der Waals surface area contributed by atoms with Crippen molar-refractivity contribution in [2.24, 2.45) is 11.3 Å². The Morgan fingerprint density at radius 1 is 0.871 bits per heavy atom. The highest BCUT2D eigenvalue weighted by atomic mass is 32.2. The number of benzene rings is 3. The Bertz CT molecular complexity index is 3640. The molecular weight excluding hydrogens is 1100 g/mol. The minimum atomic E-state index is -4.71. The second kappa shape index (κ2) is 22.6. The minimum absolute atomic E-state index is 0.0283. The van der Waals surface area contributed by atoms with Crippen LogP contribution in [-0.4, -0.2) is 160 Å². The number of piperidine rings is 1. The molecule has 22 heteroatoms. The lowest BCUT2D eigenvalue weighted by Gasteiger charge is -2.58. The lowest BCUT2D eigenvalue weighted by Crippen LogP contribution is -2.59. The van der Waals surface area contributed by atoms with Crippen LogP contribution in [0.15, 0.2) is 90.1 Å². The summed E-state index contributed by atoms with van der Waals surface area (Å²) >= 11 is 0. The summed E-state index contributed by atoms with van der Waals surface area (Å²) in [7, 11) is -4.71. The van der Waals surface area contributed by atoms with E-state index in [1.54, 1.807) is 6.07 Å². The number of piperazine rings is 1. The molecule has 1 aliphatic carbocycles. The van der Waals surface area contributed by atoms with E-state index in [4.69, 9.17) is 33.7 Å². The molecular formula is C63H75N11O10S. The number of amides is 1. The van der Waals surface area contributed by atoms with Gasteiger partial charge in [-0.1, -0.05) is 24.3 Å². The molecule has 448 valence electrons. The number of nitro groups is 1. The van der Waals surface area contributed by atoms with E-state index in [2.05, 4.69) is 96.8 Å². The van der Waals surface area contributed by atoms with Gasteiger partial charge in [0, 0.05) is 113 Å². The van der Waals surface area contributed by atoms with E-state index in [0.717, 1.165) is 121 Å². The van der Waals surface area contributed by atoms with Gasteiger partial charge in [-0.25, -0.2) is 18.1 Å². The first-order valence-corrected chi connectivity index (χ1v) is 31.8. The number of sulfonamides is 1.